The van der Waals surface area contributed by atoms with E-state index in [1.54, 1.807) is 42.6 Å². The third kappa shape index (κ3) is 7.05. The summed E-state index contributed by atoms with van der Waals surface area (Å²) in [5.41, 5.74) is 4.40. The number of sulfonamides is 1. The number of carboxylic acids is 1. The molecular formula is C28H25N3O4S2. The number of rotatable bonds is 10. The molecule has 37 heavy (non-hydrogen) atoms. The number of aromatic nitrogens is 1. The van der Waals surface area contributed by atoms with Gasteiger partial charge >= 0.3 is 5.97 Å². The fraction of sp³-hybridized carbons (Fsp3) is 0.143. The number of thiophene rings is 1. The normalized spacial score (nSPS) is 11.8. The average Bonchev–Trinajstić information content (AvgIpc) is 3.44. The Morgan fingerprint density at radius 2 is 1.81 bits per heavy atom. The molecule has 4 aromatic rings. The van der Waals surface area contributed by atoms with Gasteiger partial charge in [-0.15, -0.1) is 17.3 Å². The van der Waals surface area contributed by atoms with Crippen molar-refractivity contribution in [3.05, 3.63) is 101 Å². The Bertz CT molecular complexity index is 1540. The second kappa shape index (κ2) is 11.8. The summed E-state index contributed by atoms with van der Waals surface area (Å²) in [6, 6.07) is 23.5. The van der Waals surface area contributed by atoms with E-state index in [0.29, 0.717) is 17.9 Å². The SMILES string of the molecule is CC#Cc1cccc(-c2ccc(CC(NS(=O)(=O)c3cccs3)c3cccc(NCC(=O)O)n3)cc2)c1. The van der Waals surface area contributed by atoms with E-state index in [9.17, 15) is 13.2 Å². The Balaban J connectivity index is 1.61. The predicted molar refractivity (Wildman–Crippen MR) is 146 cm³/mol. The van der Waals surface area contributed by atoms with Crippen LogP contribution < -0.4 is 10.0 Å². The highest BCUT2D eigenvalue weighted by molar-refractivity contribution is 7.91. The largest absolute Gasteiger partial charge is 0.480 e. The minimum absolute atomic E-state index is 0.211. The van der Waals surface area contributed by atoms with Crippen LogP contribution in [0.4, 0.5) is 5.82 Å². The molecule has 0 saturated heterocycles. The van der Waals surface area contributed by atoms with Crippen LogP contribution in [0, 0.1) is 11.8 Å². The van der Waals surface area contributed by atoms with Gasteiger partial charge in [-0.05, 0) is 65.7 Å². The second-order valence-electron chi connectivity index (χ2n) is 8.16. The van der Waals surface area contributed by atoms with Crippen LogP contribution in [-0.2, 0) is 21.2 Å². The van der Waals surface area contributed by atoms with Gasteiger partial charge in [-0.2, -0.15) is 0 Å². The average molecular weight is 532 g/mol. The number of hydrogen-bond donors (Lipinski definition) is 3. The minimum Gasteiger partial charge on any atom is -0.480 e. The van der Waals surface area contributed by atoms with E-state index in [1.165, 1.54) is 0 Å². The van der Waals surface area contributed by atoms with Crippen LogP contribution in [0.1, 0.15) is 29.8 Å². The molecule has 4 rings (SSSR count). The summed E-state index contributed by atoms with van der Waals surface area (Å²) in [7, 11) is -3.78. The summed E-state index contributed by atoms with van der Waals surface area (Å²) in [6.07, 6.45) is 0.349. The molecule has 9 heteroatoms. The van der Waals surface area contributed by atoms with Crippen molar-refractivity contribution < 1.29 is 18.3 Å². The number of benzene rings is 2. The van der Waals surface area contributed by atoms with Crippen molar-refractivity contribution in [1.82, 2.24) is 9.71 Å². The number of carbonyl (C=O) groups is 1. The molecule has 0 spiro atoms. The number of anilines is 1. The number of carboxylic acid groups (broad SMARTS) is 1. The van der Waals surface area contributed by atoms with E-state index in [0.717, 1.165) is 33.6 Å². The summed E-state index contributed by atoms with van der Waals surface area (Å²) in [6.45, 7) is 1.51. The van der Waals surface area contributed by atoms with Crippen LogP contribution in [0.25, 0.3) is 11.1 Å². The molecule has 0 fully saturated rings. The molecule has 1 atom stereocenters. The van der Waals surface area contributed by atoms with Gasteiger partial charge in [0.2, 0.25) is 0 Å². The lowest BCUT2D eigenvalue weighted by Gasteiger charge is -2.19. The molecule has 188 valence electrons. The number of hydrogen-bond acceptors (Lipinski definition) is 6. The number of nitrogens with zero attached hydrogens (tertiary/aromatic N) is 1. The Morgan fingerprint density at radius 1 is 1.03 bits per heavy atom. The Kier molecular flexibility index (Phi) is 8.36. The van der Waals surface area contributed by atoms with Gasteiger partial charge in [-0.25, -0.2) is 18.1 Å². The fourth-order valence-corrected chi connectivity index (χ4v) is 5.99. The third-order valence-corrected chi connectivity index (χ3v) is 8.33. The second-order valence-corrected chi connectivity index (χ2v) is 11.0. The molecule has 0 amide bonds. The van der Waals surface area contributed by atoms with E-state index < -0.39 is 22.0 Å². The maximum absolute atomic E-state index is 13.1. The molecule has 2 heterocycles. The van der Waals surface area contributed by atoms with E-state index in [1.807, 2.05) is 48.5 Å². The van der Waals surface area contributed by atoms with Gasteiger partial charge in [0, 0.05) is 5.56 Å². The maximum atomic E-state index is 13.1. The molecule has 2 aromatic carbocycles. The zero-order valence-electron chi connectivity index (χ0n) is 20.0. The van der Waals surface area contributed by atoms with Gasteiger partial charge in [0.25, 0.3) is 10.0 Å². The van der Waals surface area contributed by atoms with Gasteiger partial charge in [0.1, 0.15) is 16.6 Å². The molecule has 0 aliphatic rings. The van der Waals surface area contributed by atoms with Crippen molar-refractivity contribution in [1.29, 1.82) is 0 Å². The van der Waals surface area contributed by atoms with E-state index >= 15 is 0 Å². The number of nitrogens with one attached hydrogen (secondary N) is 2. The first-order valence-corrected chi connectivity index (χ1v) is 13.8. The van der Waals surface area contributed by atoms with E-state index in [4.69, 9.17) is 5.11 Å². The smallest absolute Gasteiger partial charge is 0.322 e. The van der Waals surface area contributed by atoms with Crippen molar-refractivity contribution >= 4 is 33.1 Å². The first kappa shape index (κ1) is 26.1. The van der Waals surface area contributed by atoms with Crippen molar-refractivity contribution in [2.24, 2.45) is 0 Å². The molecule has 0 saturated carbocycles. The Labute approximate surface area is 220 Å². The van der Waals surface area contributed by atoms with Crippen LogP contribution in [0.5, 0.6) is 0 Å². The van der Waals surface area contributed by atoms with Gasteiger partial charge in [0.15, 0.2) is 0 Å². The monoisotopic (exact) mass is 531 g/mol. The molecule has 1 unspecified atom stereocenters. The lowest BCUT2D eigenvalue weighted by molar-refractivity contribution is -0.134. The molecule has 0 aliphatic heterocycles. The highest BCUT2D eigenvalue weighted by Gasteiger charge is 2.24. The topological polar surface area (TPSA) is 108 Å². The first-order chi connectivity index (χ1) is 17.8. The predicted octanol–water partition coefficient (Wildman–Crippen LogP) is 4.94. The number of pyridine rings is 1. The van der Waals surface area contributed by atoms with Crippen molar-refractivity contribution in [3.8, 4) is 23.0 Å². The summed E-state index contributed by atoms with van der Waals surface area (Å²) in [4.78, 5) is 15.4. The van der Waals surface area contributed by atoms with E-state index in [-0.39, 0.29) is 10.8 Å². The van der Waals surface area contributed by atoms with Crippen LogP contribution in [0.3, 0.4) is 0 Å². The quantitative estimate of drug-likeness (QED) is 0.250. The van der Waals surface area contributed by atoms with Gasteiger partial charge < -0.3 is 10.4 Å². The van der Waals surface area contributed by atoms with E-state index in [2.05, 4.69) is 26.9 Å². The van der Waals surface area contributed by atoms with Crippen molar-refractivity contribution in [2.45, 2.75) is 23.6 Å². The number of aliphatic carboxylic acids is 1. The Morgan fingerprint density at radius 3 is 2.51 bits per heavy atom. The zero-order chi connectivity index (χ0) is 26.3. The molecule has 0 aliphatic carbocycles. The Hall–Kier alpha value is -3.97. The highest BCUT2D eigenvalue weighted by Crippen LogP contribution is 2.26. The van der Waals surface area contributed by atoms with Gasteiger partial charge in [-0.3, -0.25) is 4.79 Å². The highest BCUT2D eigenvalue weighted by atomic mass is 32.2. The lowest BCUT2D eigenvalue weighted by atomic mass is 9.98. The zero-order valence-corrected chi connectivity index (χ0v) is 21.6. The minimum atomic E-state index is -3.78. The third-order valence-electron chi connectivity index (χ3n) is 5.46. The maximum Gasteiger partial charge on any atom is 0.322 e. The summed E-state index contributed by atoms with van der Waals surface area (Å²) in [5.74, 6) is 5.31. The molecule has 0 radical (unpaired) electrons. The molecule has 7 nitrogen and oxygen atoms in total. The van der Waals surface area contributed by atoms with Crippen LogP contribution in [-0.4, -0.2) is 31.0 Å². The van der Waals surface area contributed by atoms with Gasteiger partial charge in [-0.1, -0.05) is 54.5 Å². The van der Waals surface area contributed by atoms with Crippen molar-refractivity contribution in [2.75, 3.05) is 11.9 Å². The summed E-state index contributed by atoms with van der Waals surface area (Å²) < 4.78 is 29.1. The first-order valence-electron chi connectivity index (χ1n) is 11.4. The van der Waals surface area contributed by atoms with Crippen molar-refractivity contribution in [3.63, 3.8) is 0 Å². The summed E-state index contributed by atoms with van der Waals surface area (Å²) in [5, 5.41) is 13.4. The molecule has 3 N–H and O–H groups in total. The summed E-state index contributed by atoms with van der Waals surface area (Å²) >= 11 is 1.13. The fourth-order valence-electron chi connectivity index (χ4n) is 3.77. The van der Waals surface area contributed by atoms with Crippen LogP contribution in [0.2, 0.25) is 0 Å². The molecule has 0 bridgehead atoms. The molecule has 2 aromatic heterocycles. The van der Waals surface area contributed by atoms with Crippen LogP contribution >= 0.6 is 11.3 Å². The van der Waals surface area contributed by atoms with Crippen LogP contribution in [0.15, 0.2) is 88.5 Å². The molecular weight excluding hydrogens is 506 g/mol. The standard InChI is InChI=1S/C28H25N3O4S2/c1-2-6-20-7-3-8-23(17-20)22-14-12-21(13-15-22)18-25(31-37(34,35)28-11-5-16-36-28)24-9-4-10-26(30-24)29-19-27(32)33/h3-5,7-17,25,31H,18-19H2,1H3,(H,29,30)(H,32,33). The lowest BCUT2D eigenvalue weighted by Crippen LogP contribution is -2.30. The van der Waals surface area contributed by atoms with Gasteiger partial charge in [0.05, 0.1) is 11.7 Å².